The van der Waals surface area contributed by atoms with Crippen molar-refractivity contribution >= 4 is 5.91 Å². The number of hydrogen-bond donors (Lipinski definition) is 1. The number of nitrogens with two attached hydrogens (primary N) is 1. The summed E-state index contributed by atoms with van der Waals surface area (Å²) in [5, 5.41) is 0. The number of benzene rings is 2. The SMILES string of the molecule is NC(=O)C12CC3C(OCc4ccccc4)C1CC3(c1ccccc1)C2. The van der Waals surface area contributed by atoms with E-state index in [1.165, 1.54) is 11.1 Å². The summed E-state index contributed by atoms with van der Waals surface area (Å²) in [6, 6.07) is 21.0. The molecule has 3 heteroatoms. The Morgan fingerprint density at radius 2 is 1.68 bits per heavy atom. The molecule has 6 rings (SSSR count). The Bertz CT molecular complexity index is 805. The molecule has 2 N–H and O–H groups in total. The molecule has 128 valence electrons. The van der Waals surface area contributed by atoms with E-state index in [1.54, 1.807) is 0 Å². The molecule has 2 aromatic rings. The molecule has 5 unspecified atom stereocenters. The standard InChI is InChI=1S/C22H23NO2/c23-20(24)22-12-17-19(25-13-15-7-3-1-4-8-15)18(22)11-21(17,14-22)16-9-5-2-6-10-16/h1-10,17-19H,11-14H2,(H2,23,24). The van der Waals surface area contributed by atoms with Crippen LogP contribution in [0, 0.1) is 17.3 Å². The molecule has 5 atom stereocenters. The fraction of sp³-hybridized carbons (Fsp3) is 0.409. The molecular formula is C22H23NO2. The van der Waals surface area contributed by atoms with Crippen molar-refractivity contribution in [3.8, 4) is 0 Å². The third-order valence-electron chi connectivity index (χ3n) is 7.14. The predicted molar refractivity (Wildman–Crippen MR) is 95.6 cm³/mol. The Kier molecular flexibility index (Phi) is 3.14. The minimum atomic E-state index is -0.359. The lowest BCUT2D eigenvalue weighted by Crippen LogP contribution is -2.41. The normalized spacial score (nSPS) is 37.7. The molecule has 0 aliphatic heterocycles. The van der Waals surface area contributed by atoms with E-state index in [0.717, 1.165) is 19.3 Å². The van der Waals surface area contributed by atoms with Crippen LogP contribution >= 0.6 is 0 Å². The summed E-state index contributed by atoms with van der Waals surface area (Å²) in [4.78, 5) is 12.4. The summed E-state index contributed by atoms with van der Waals surface area (Å²) >= 11 is 0. The van der Waals surface area contributed by atoms with Crippen molar-refractivity contribution in [1.29, 1.82) is 0 Å². The Morgan fingerprint density at radius 3 is 2.32 bits per heavy atom. The highest BCUT2D eigenvalue weighted by Gasteiger charge is 2.77. The van der Waals surface area contributed by atoms with Gasteiger partial charge in [0.15, 0.2) is 0 Å². The van der Waals surface area contributed by atoms with Gasteiger partial charge in [0.2, 0.25) is 5.91 Å². The fourth-order valence-corrected chi connectivity index (χ4v) is 6.16. The summed E-state index contributed by atoms with van der Waals surface area (Å²) in [5.74, 6) is 0.540. The Morgan fingerprint density at radius 1 is 1.00 bits per heavy atom. The fourth-order valence-electron chi connectivity index (χ4n) is 6.16. The first-order chi connectivity index (χ1) is 12.2. The van der Waals surface area contributed by atoms with E-state index in [0.29, 0.717) is 12.5 Å². The van der Waals surface area contributed by atoms with Crippen molar-refractivity contribution < 1.29 is 9.53 Å². The smallest absolute Gasteiger partial charge is 0.224 e. The van der Waals surface area contributed by atoms with Crippen molar-refractivity contribution in [1.82, 2.24) is 0 Å². The zero-order valence-electron chi connectivity index (χ0n) is 14.2. The van der Waals surface area contributed by atoms with E-state index < -0.39 is 0 Å². The number of hydrogen-bond acceptors (Lipinski definition) is 2. The third kappa shape index (κ3) is 1.93. The van der Waals surface area contributed by atoms with Crippen LogP contribution in [0.1, 0.15) is 30.4 Å². The molecule has 1 amide bonds. The van der Waals surface area contributed by atoms with Crippen LogP contribution in [0.4, 0.5) is 0 Å². The Labute approximate surface area is 148 Å². The van der Waals surface area contributed by atoms with Crippen LogP contribution in [0.2, 0.25) is 0 Å². The van der Waals surface area contributed by atoms with E-state index >= 15 is 0 Å². The second-order valence-corrected chi connectivity index (χ2v) is 8.10. The number of carbonyl (C=O) groups excluding carboxylic acids is 1. The van der Waals surface area contributed by atoms with Gasteiger partial charge in [0.1, 0.15) is 0 Å². The number of carbonyl (C=O) groups is 1. The van der Waals surface area contributed by atoms with Crippen LogP contribution in [-0.2, 0) is 21.6 Å². The quantitative estimate of drug-likeness (QED) is 0.911. The maximum absolute atomic E-state index is 12.4. The topological polar surface area (TPSA) is 52.3 Å². The molecule has 0 heterocycles. The molecule has 3 nitrogen and oxygen atoms in total. The van der Waals surface area contributed by atoms with Gasteiger partial charge in [-0.1, -0.05) is 60.7 Å². The average molecular weight is 333 g/mol. The van der Waals surface area contributed by atoms with Gasteiger partial charge < -0.3 is 10.5 Å². The van der Waals surface area contributed by atoms with Gasteiger partial charge in [0.25, 0.3) is 0 Å². The van der Waals surface area contributed by atoms with Crippen molar-refractivity contribution in [2.24, 2.45) is 23.0 Å². The third-order valence-corrected chi connectivity index (χ3v) is 7.14. The summed E-state index contributed by atoms with van der Waals surface area (Å²) in [7, 11) is 0. The number of ether oxygens (including phenoxy) is 1. The molecule has 4 bridgehead atoms. The zero-order chi connectivity index (χ0) is 17.1. The number of rotatable bonds is 5. The van der Waals surface area contributed by atoms with Gasteiger partial charge in [-0.25, -0.2) is 0 Å². The lowest BCUT2D eigenvalue weighted by Gasteiger charge is -2.33. The second-order valence-electron chi connectivity index (χ2n) is 8.10. The second kappa shape index (κ2) is 5.18. The largest absolute Gasteiger partial charge is 0.373 e. The molecule has 4 saturated carbocycles. The van der Waals surface area contributed by atoms with E-state index in [4.69, 9.17) is 10.5 Å². The lowest BCUT2D eigenvalue weighted by atomic mass is 9.74. The lowest BCUT2D eigenvalue weighted by molar-refractivity contribution is -0.130. The zero-order valence-corrected chi connectivity index (χ0v) is 14.2. The molecule has 0 radical (unpaired) electrons. The van der Waals surface area contributed by atoms with Gasteiger partial charge in [-0.2, -0.15) is 0 Å². The summed E-state index contributed by atoms with van der Waals surface area (Å²) in [5.41, 5.74) is 8.15. The van der Waals surface area contributed by atoms with Crippen LogP contribution in [0.25, 0.3) is 0 Å². The van der Waals surface area contributed by atoms with Gasteiger partial charge >= 0.3 is 0 Å². The van der Waals surface area contributed by atoms with Crippen molar-refractivity contribution in [2.75, 3.05) is 0 Å². The highest BCUT2D eigenvalue weighted by molar-refractivity contribution is 5.84. The number of primary amides is 1. The summed E-state index contributed by atoms with van der Waals surface area (Å²) in [6.45, 7) is 0.609. The maximum atomic E-state index is 12.4. The molecule has 2 aromatic carbocycles. The van der Waals surface area contributed by atoms with Crippen LogP contribution in [0.5, 0.6) is 0 Å². The van der Waals surface area contributed by atoms with Crippen LogP contribution in [-0.4, -0.2) is 12.0 Å². The van der Waals surface area contributed by atoms with E-state index in [-0.39, 0.29) is 28.8 Å². The maximum Gasteiger partial charge on any atom is 0.224 e. The van der Waals surface area contributed by atoms with Gasteiger partial charge in [0, 0.05) is 11.3 Å². The van der Waals surface area contributed by atoms with E-state index in [2.05, 4.69) is 42.5 Å². The molecule has 4 aliphatic rings. The predicted octanol–water partition coefficient (Wildman–Crippen LogP) is 3.43. The first kappa shape index (κ1) is 15.2. The Hall–Kier alpha value is -2.13. The Balaban J connectivity index is 1.47. The molecule has 4 aliphatic carbocycles. The van der Waals surface area contributed by atoms with Crippen LogP contribution in [0.15, 0.2) is 60.7 Å². The van der Waals surface area contributed by atoms with Gasteiger partial charge in [-0.3, -0.25) is 4.79 Å². The molecule has 0 saturated heterocycles. The van der Waals surface area contributed by atoms with Crippen molar-refractivity contribution in [3.05, 3.63) is 71.8 Å². The van der Waals surface area contributed by atoms with Crippen molar-refractivity contribution in [2.45, 2.75) is 37.4 Å². The highest BCUT2D eigenvalue weighted by atomic mass is 16.5. The first-order valence-electron chi connectivity index (χ1n) is 9.17. The molecule has 0 spiro atoms. The van der Waals surface area contributed by atoms with Crippen LogP contribution < -0.4 is 5.73 Å². The summed E-state index contributed by atoms with van der Waals surface area (Å²) in [6.07, 6.45) is 2.97. The van der Waals surface area contributed by atoms with Gasteiger partial charge in [0.05, 0.1) is 18.1 Å². The first-order valence-corrected chi connectivity index (χ1v) is 9.17. The van der Waals surface area contributed by atoms with Gasteiger partial charge in [-0.15, -0.1) is 0 Å². The van der Waals surface area contributed by atoms with Gasteiger partial charge in [-0.05, 0) is 36.3 Å². The molecular weight excluding hydrogens is 310 g/mol. The van der Waals surface area contributed by atoms with Crippen LogP contribution in [0.3, 0.4) is 0 Å². The van der Waals surface area contributed by atoms with E-state index in [1.807, 2.05) is 18.2 Å². The minimum Gasteiger partial charge on any atom is -0.373 e. The van der Waals surface area contributed by atoms with E-state index in [9.17, 15) is 4.79 Å². The molecule has 0 aromatic heterocycles. The monoisotopic (exact) mass is 333 g/mol. The number of amides is 1. The minimum absolute atomic E-state index is 0.0717. The summed E-state index contributed by atoms with van der Waals surface area (Å²) < 4.78 is 6.39. The molecule has 25 heavy (non-hydrogen) atoms. The van der Waals surface area contributed by atoms with Crippen molar-refractivity contribution in [3.63, 3.8) is 0 Å². The molecule has 4 fully saturated rings. The highest BCUT2D eigenvalue weighted by Crippen LogP contribution is 2.76. The average Bonchev–Trinajstić information content (AvgIpc) is 3.34.